The van der Waals surface area contributed by atoms with Crippen LogP contribution in [0.2, 0.25) is 0 Å². The van der Waals surface area contributed by atoms with Crippen molar-refractivity contribution in [3.8, 4) is 0 Å². The predicted octanol–water partition coefficient (Wildman–Crippen LogP) is 3.38. The van der Waals surface area contributed by atoms with E-state index in [2.05, 4.69) is 20.8 Å². The third-order valence-corrected chi connectivity index (χ3v) is 12.5. The fourth-order valence-electron chi connectivity index (χ4n) is 9.04. The second-order valence-corrected chi connectivity index (χ2v) is 16.4. The van der Waals surface area contributed by atoms with Crippen molar-refractivity contribution in [2.75, 3.05) is 6.61 Å². The van der Waals surface area contributed by atoms with Crippen molar-refractivity contribution in [1.82, 2.24) is 0 Å². The van der Waals surface area contributed by atoms with E-state index in [9.17, 15) is 30.3 Å². The summed E-state index contributed by atoms with van der Waals surface area (Å²) < 4.78 is 38.3. The van der Waals surface area contributed by atoms with Gasteiger partial charge in [0, 0.05) is 25.2 Å². The Kier molecular flexibility index (Phi) is 11.9. The van der Waals surface area contributed by atoms with E-state index in [-0.39, 0.29) is 24.7 Å². The number of hydrogen-bond donors (Lipinski definition) is 5. The molecule has 0 radical (unpaired) electrons. The highest BCUT2D eigenvalue weighted by atomic mass is 16.7. The summed E-state index contributed by atoms with van der Waals surface area (Å²) in [5, 5.41) is 55.1. The maximum atomic E-state index is 14.2. The van der Waals surface area contributed by atoms with Crippen LogP contribution in [0, 0.1) is 23.7 Å². The predicted molar refractivity (Wildman–Crippen MR) is 189 cm³/mol. The fraction of sp³-hybridized carbons (Fsp3) is 0.775. The van der Waals surface area contributed by atoms with Crippen molar-refractivity contribution in [2.24, 2.45) is 23.7 Å². The van der Waals surface area contributed by atoms with Gasteiger partial charge in [-0.2, -0.15) is 0 Å². The SMILES string of the molecule is CC[C@H](C)[C@H]1O[C@]2(CC[C@@H]1C)C[C@@H]1C[C@@H](C/C=C(\C)[C@@H](O[C@@H]3O[C@H](C)[C@@H](O)[C@H](O)[C@H]3O)[C@@H](C)/C=C/C=C3\CO[C@@H]4[C@H](O)C(C)=C[C@@H](C(=O)O1)[C@]34O)O2. The molecule has 6 aliphatic rings. The molecule has 0 amide bonds. The van der Waals surface area contributed by atoms with Crippen LogP contribution < -0.4 is 0 Å². The molecule has 12 nitrogen and oxygen atoms in total. The molecule has 0 aromatic rings. The zero-order chi connectivity index (χ0) is 37.7. The first-order valence-electron chi connectivity index (χ1n) is 19.2. The number of carbonyl (C=O) groups excluding carboxylic acids is 1. The minimum atomic E-state index is -1.85. The normalized spacial score (nSPS) is 50.5. The van der Waals surface area contributed by atoms with Crippen LogP contribution in [0.5, 0.6) is 0 Å². The van der Waals surface area contributed by atoms with Crippen molar-refractivity contribution in [3.05, 3.63) is 47.1 Å². The number of esters is 1. The lowest BCUT2D eigenvalue weighted by Crippen LogP contribution is -2.58. The number of fused-ring (bicyclic) bond motifs is 2. The molecule has 1 aliphatic carbocycles. The third kappa shape index (κ3) is 7.50. The summed E-state index contributed by atoms with van der Waals surface area (Å²) >= 11 is 0. The summed E-state index contributed by atoms with van der Waals surface area (Å²) in [6.07, 6.45) is 2.73. The van der Waals surface area contributed by atoms with Crippen molar-refractivity contribution >= 4 is 5.97 Å². The van der Waals surface area contributed by atoms with E-state index in [1.54, 1.807) is 32.1 Å². The second kappa shape index (κ2) is 15.6. The Labute approximate surface area is 307 Å². The van der Waals surface area contributed by atoms with Crippen molar-refractivity contribution in [2.45, 2.75) is 166 Å². The zero-order valence-electron chi connectivity index (χ0n) is 31.6. The van der Waals surface area contributed by atoms with Gasteiger partial charge >= 0.3 is 5.97 Å². The van der Waals surface area contributed by atoms with Crippen LogP contribution in [0.4, 0.5) is 0 Å². The van der Waals surface area contributed by atoms with Crippen LogP contribution in [0.15, 0.2) is 47.1 Å². The number of allylic oxidation sites excluding steroid dienone is 2. The summed E-state index contributed by atoms with van der Waals surface area (Å²) in [7, 11) is 0. The standard InChI is InChI=1S/C40H60O12/c1-8-20(2)35-23(5)14-15-39(52-35)18-28-17-27(51-39)13-12-22(4)34(50-38-33(44)32(43)31(42)25(7)48-38)21(3)10-9-11-26-19-47-36-30(41)24(6)16-29(37(45)49-28)40(26,36)46/h9-12,16,20-21,23,25,27-36,38,41-44,46H,8,13-15,17-19H2,1-7H3/b10-9+,22-12+,26-11+/t20-,21-,23-,25+,27+,28-,29-,30+,31+,32-,33+,34-,35+,36+,38-,39+,40+/m0/s1. The van der Waals surface area contributed by atoms with Gasteiger partial charge in [-0.05, 0) is 62.2 Å². The Morgan fingerprint density at radius 3 is 2.50 bits per heavy atom. The number of ether oxygens (including phenoxy) is 6. The van der Waals surface area contributed by atoms with Gasteiger partial charge in [0.05, 0.1) is 31.0 Å². The summed E-state index contributed by atoms with van der Waals surface area (Å²) in [5.74, 6) is -2.33. The van der Waals surface area contributed by atoms with E-state index in [1.807, 2.05) is 26.0 Å². The van der Waals surface area contributed by atoms with Crippen LogP contribution in [-0.2, 0) is 33.2 Å². The first-order valence-corrected chi connectivity index (χ1v) is 19.2. The van der Waals surface area contributed by atoms with Gasteiger partial charge in [-0.25, -0.2) is 0 Å². The third-order valence-electron chi connectivity index (χ3n) is 12.5. The lowest BCUT2D eigenvalue weighted by Gasteiger charge is -2.51. The average molecular weight is 733 g/mol. The summed E-state index contributed by atoms with van der Waals surface area (Å²) in [4.78, 5) is 14.2. The lowest BCUT2D eigenvalue weighted by atomic mass is 9.71. The molecule has 6 rings (SSSR count). The Morgan fingerprint density at radius 2 is 1.77 bits per heavy atom. The minimum Gasteiger partial charge on any atom is -0.462 e. The molecule has 12 heteroatoms. The fourth-order valence-corrected chi connectivity index (χ4v) is 9.04. The maximum Gasteiger partial charge on any atom is 0.316 e. The van der Waals surface area contributed by atoms with Gasteiger partial charge in [0.1, 0.15) is 48.1 Å². The molecule has 5 aliphatic heterocycles. The summed E-state index contributed by atoms with van der Waals surface area (Å²) in [6.45, 7) is 13.8. The average Bonchev–Trinajstić information content (AvgIpc) is 3.45. The molecular weight excluding hydrogens is 672 g/mol. The molecule has 0 aromatic carbocycles. The molecule has 5 heterocycles. The molecule has 0 saturated carbocycles. The van der Waals surface area contributed by atoms with Crippen LogP contribution in [-0.4, -0.2) is 117 Å². The van der Waals surface area contributed by atoms with Crippen molar-refractivity contribution in [1.29, 1.82) is 0 Å². The van der Waals surface area contributed by atoms with Gasteiger partial charge in [-0.1, -0.05) is 64.5 Å². The largest absolute Gasteiger partial charge is 0.462 e. The van der Waals surface area contributed by atoms with E-state index in [0.29, 0.717) is 48.7 Å². The number of aliphatic hydroxyl groups is 5. The van der Waals surface area contributed by atoms with E-state index in [1.165, 1.54) is 0 Å². The number of rotatable bonds is 4. The first-order chi connectivity index (χ1) is 24.6. The monoisotopic (exact) mass is 732 g/mol. The second-order valence-electron chi connectivity index (χ2n) is 16.4. The molecule has 4 saturated heterocycles. The topological polar surface area (TPSA) is 174 Å². The first kappa shape index (κ1) is 39.7. The number of carbonyl (C=O) groups is 1. The molecule has 0 aromatic heterocycles. The highest BCUT2D eigenvalue weighted by molar-refractivity contribution is 5.78. The van der Waals surface area contributed by atoms with Crippen LogP contribution in [0.3, 0.4) is 0 Å². The van der Waals surface area contributed by atoms with Gasteiger partial charge in [0.15, 0.2) is 12.1 Å². The molecule has 1 spiro atoms. The summed E-state index contributed by atoms with van der Waals surface area (Å²) in [6, 6.07) is 0. The van der Waals surface area contributed by atoms with Crippen molar-refractivity contribution < 1.29 is 58.7 Å². The number of hydrogen-bond acceptors (Lipinski definition) is 12. The molecular formula is C40H60O12. The highest BCUT2D eigenvalue weighted by Gasteiger charge is 2.60. The molecule has 292 valence electrons. The smallest absolute Gasteiger partial charge is 0.316 e. The summed E-state index contributed by atoms with van der Waals surface area (Å²) in [5.41, 5.74) is -0.0622. The Hall–Kier alpha value is -1.97. The van der Waals surface area contributed by atoms with Crippen LogP contribution in [0.1, 0.15) is 87.0 Å². The Balaban J connectivity index is 1.39. The Morgan fingerprint density at radius 1 is 1.02 bits per heavy atom. The molecule has 52 heavy (non-hydrogen) atoms. The molecule has 5 N–H and O–H groups in total. The van der Waals surface area contributed by atoms with Gasteiger partial charge < -0.3 is 54.0 Å². The van der Waals surface area contributed by atoms with E-state index in [4.69, 9.17) is 28.4 Å². The van der Waals surface area contributed by atoms with Gasteiger partial charge in [-0.3, -0.25) is 4.79 Å². The number of aliphatic hydroxyl groups excluding tert-OH is 4. The van der Waals surface area contributed by atoms with Gasteiger partial charge in [0.2, 0.25) is 0 Å². The zero-order valence-corrected chi connectivity index (χ0v) is 31.6. The highest BCUT2D eigenvalue weighted by Crippen LogP contribution is 2.48. The van der Waals surface area contributed by atoms with Crippen LogP contribution in [0.25, 0.3) is 0 Å². The molecule has 0 unspecified atom stereocenters. The molecule has 2 bridgehead atoms. The Bertz CT molecular complexity index is 1420. The maximum absolute atomic E-state index is 14.2. The van der Waals surface area contributed by atoms with E-state index in [0.717, 1.165) is 18.4 Å². The molecule has 4 fully saturated rings. The molecule has 17 atom stereocenters. The quantitative estimate of drug-likeness (QED) is 0.211. The van der Waals surface area contributed by atoms with Gasteiger partial charge in [0.25, 0.3) is 0 Å². The van der Waals surface area contributed by atoms with E-state index < -0.39 is 78.4 Å². The van der Waals surface area contributed by atoms with E-state index >= 15 is 0 Å². The minimum absolute atomic E-state index is 0.00635. The van der Waals surface area contributed by atoms with Gasteiger partial charge in [-0.15, -0.1) is 0 Å². The van der Waals surface area contributed by atoms with Crippen molar-refractivity contribution in [3.63, 3.8) is 0 Å². The van der Waals surface area contributed by atoms with Crippen LogP contribution >= 0.6 is 0 Å². The lowest BCUT2D eigenvalue weighted by molar-refractivity contribution is -0.340.